The van der Waals surface area contributed by atoms with Crippen LogP contribution >= 0.6 is 0 Å². The zero-order chi connectivity index (χ0) is 20.3. The van der Waals surface area contributed by atoms with Crippen molar-refractivity contribution in [2.75, 3.05) is 13.2 Å². The number of carbonyl (C=O) groups is 3. The highest BCUT2D eigenvalue weighted by molar-refractivity contribution is 5.70. The first-order chi connectivity index (χ1) is 13.0. The van der Waals surface area contributed by atoms with E-state index >= 15 is 0 Å². The number of carbonyl (C=O) groups excluding carboxylic acids is 3. The first-order valence-electron chi connectivity index (χ1n) is 10.5. The molecule has 0 aromatic rings. The quantitative estimate of drug-likeness (QED) is 0.204. The molecule has 0 rings (SSSR count). The van der Waals surface area contributed by atoms with E-state index in [1.54, 1.807) is 0 Å². The summed E-state index contributed by atoms with van der Waals surface area (Å²) in [7, 11) is 0. The van der Waals surface area contributed by atoms with E-state index in [1.165, 1.54) is 0 Å². The van der Waals surface area contributed by atoms with Crippen molar-refractivity contribution in [3.63, 3.8) is 0 Å². The molecular formula is C21H38O6. The SMILES string of the molecule is CCCCC(=O)OCCCCC(COC(=O)CCCC)OC(=O)CCCC. The Morgan fingerprint density at radius 3 is 1.74 bits per heavy atom. The molecule has 0 fully saturated rings. The summed E-state index contributed by atoms with van der Waals surface area (Å²) in [5.74, 6) is -0.669. The highest BCUT2D eigenvalue weighted by atomic mass is 16.6. The van der Waals surface area contributed by atoms with Crippen LogP contribution in [0.5, 0.6) is 0 Å². The van der Waals surface area contributed by atoms with Crippen LogP contribution in [0.4, 0.5) is 0 Å². The lowest BCUT2D eigenvalue weighted by molar-refractivity contribution is -0.159. The highest BCUT2D eigenvalue weighted by Crippen LogP contribution is 2.10. The third kappa shape index (κ3) is 16.3. The maximum absolute atomic E-state index is 11.9. The third-order valence-corrected chi connectivity index (χ3v) is 4.12. The van der Waals surface area contributed by atoms with Crippen molar-refractivity contribution >= 4 is 17.9 Å². The van der Waals surface area contributed by atoms with Crippen molar-refractivity contribution in [3.8, 4) is 0 Å². The Balaban J connectivity index is 4.18. The fourth-order valence-electron chi connectivity index (χ4n) is 2.37. The predicted molar refractivity (Wildman–Crippen MR) is 104 cm³/mol. The van der Waals surface area contributed by atoms with Gasteiger partial charge in [-0.2, -0.15) is 0 Å². The molecule has 6 heteroatoms. The average molecular weight is 387 g/mol. The Hall–Kier alpha value is -1.59. The molecule has 0 N–H and O–H groups in total. The van der Waals surface area contributed by atoms with Gasteiger partial charge in [0.25, 0.3) is 0 Å². The van der Waals surface area contributed by atoms with E-state index < -0.39 is 6.10 Å². The summed E-state index contributed by atoms with van der Waals surface area (Å²) in [5.41, 5.74) is 0. The van der Waals surface area contributed by atoms with E-state index in [-0.39, 0.29) is 24.5 Å². The largest absolute Gasteiger partial charge is 0.466 e. The van der Waals surface area contributed by atoms with E-state index in [4.69, 9.17) is 14.2 Å². The molecule has 0 aliphatic heterocycles. The van der Waals surface area contributed by atoms with Gasteiger partial charge in [-0.15, -0.1) is 0 Å². The Morgan fingerprint density at radius 1 is 0.667 bits per heavy atom. The smallest absolute Gasteiger partial charge is 0.306 e. The second-order valence-electron chi connectivity index (χ2n) is 6.82. The van der Waals surface area contributed by atoms with Crippen molar-refractivity contribution in [1.82, 2.24) is 0 Å². The van der Waals surface area contributed by atoms with E-state index in [0.29, 0.717) is 38.7 Å². The summed E-state index contributed by atoms with van der Waals surface area (Å²) in [5, 5.41) is 0. The molecule has 0 aromatic heterocycles. The Labute approximate surface area is 164 Å². The van der Waals surface area contributed by atoms with E-state index in [1.807, 2.05) is 20.8 Å². The maximum atomic E-state index is 11.9. The Morgan fingerprint density at radius 2 is 1.19 bits per heavy atom. The lowest BCUT2D eigenvalue weighted by atomic mass is 10.1. The molecular weight excluding hydrogens is 348 g/mol. The molecule has 1 unspecified atom stereocenters. The van der Waals surface area contributed by atoms with Crippen molar-refractivity contribution in [2.45, 2.75) is 104 Å². The van der Waals surface area contributed by atoms with Gasteiger partial charge in [0.2, 0.25) is 0 Å². The fraction of sp³-hybridized carbons (Fsp3) is 0.857. The highest BCUT2D eigenvalue weighted by Gasteiger charge is 2.17. The topological polar surface area (TPSA) is 78.9 Å². The molecule has 6 nitrogen and oxygen atoms in total. The first kappa shape index (κ1) is 25.4. The molecule has 0 bridgehead atoms. The van der Waals surface area contributed by atoms with E-state index in [2.05, 4.69) is 0 Å². The van der Waals surface area contributed by atoms with Crippen LogP contribution < -0.4 is 0 Å². The van der Waals surface area contributed by atoms with Crippen molar-refractivity contribution < 1.29 is 28.6 Å². The standard InChI is InChI=1S/C21H38O6/c1-4-7-13-19(22)25-16-11-10-12-18(27-21(24)15-9-6-3)17-26-20(23)14-8-5-2/h18H,4-17H2,1-3H3. The van der Waals surface area contributed by atoms with Crippen LogP contribution in [0.3, 0.4) is 0 Å². The van der Waals surface area contributed by atoms with Gasteiger partial charge in [-0.05, 0) is 38.5 Å². The predicted octanol–water partition coefficient (Wildman–Crippen LogP) is 4.73. The molecule has 0 heterocycles. The minimum Gasteiger partial charge on any atom is -0.466 e. The van der Waals surface area contributed by atoms with Gasteiger partial charge in [-0.25, -0.2) is 0 Å². The summed E-state index contributed by atoms with van der Waals surface area (Å²) in [6, 6.07) is 0. The van der Waals surface area contributed by atoms with Gasteiger partial charge in [0.1, 0.15) is 12.7 Å². The number of esters is 3. The fourth-order valence-corrected chi connectivity index (χ4v) is 2.37. The molecule has 0 saturated carbocycles. The second kappa shape index (κ2) is 17.8. The van der Waals surface area contributed by atoms with Crippen LogP contribution in [0.1, 0.15) is 97.8 Å². The molecule has 0 aliphatic rings. The number of unbranched alkanes of at least 4 members (excludes halogenated alkanes) is 4. The van der Waals surface area contributed by atoms with Gasteiger partial charge >= 0.3 is 17.9 Å². The molecule has 0 aromatic carbocycles. The Kier molecular flexibility index (Phi) is 16.8. The van der Waals surface area contributed by atoms with Crippen molar-refractivity contribution in [3.05, 3.63) is 0 Å². The van der Waals surface area contributed by atoms with Crippen molar-refractivity contribution in [1.29, 1.82) is 0 Å². The van der Waals surface area contributed by atoms with Crippen LogP contribution in [0.25, 0.3) is 0 Å². The summed E-state index contributed by atoms with van der Waals surface area (Å²) in [4.78, 5) is 35.0. The average Bonchev–Trinajstić information content (AvgIpc) is 2.66. The Bertz CT molecular complexity index is 407. The number of rotatable bonds is 17. The van der Waals surface area contributed by atoms with Gasteiger partial charge in [-0.3, -0.25) is 14.4 Å². The minimum absolute atomic E-state index is 0.0939. The second-order valence-corrected chi connectivity index (χ2v) is 6.82. The number of ether oxygens (including phenoxy) is 3. The molecule has 0 aliphatic carbocycles. The van der Waals surface area contributed by atoms with E-state index in [9.17, 15) is 14.4 Å². The lowest BCUT2D eigenvalue weighted by Gasteiger charge is -2.18. The van der Waals surface area contributed by atoms with Crippen LogP contribution in [0.15, 0.2) is 0 Å². The van der Waals surface area contributed by atoms with Crippen LogP contribution in [-0.4, -0.2) is 37.2 Å². The zero-order valence-corrected chi connectivity index (χ0v) is 17.4. The third-order valence-electron chi connectivity index (χ3n) is 4.12. The number of hydrogen-bond donors (Lipinski definition) is 0. The lowest BCUT2D eigenvalue weighted by Crippen LogP contribution is -2.25. The number of hydrogen-bond acceptors (Lipinski definition) is 6. The molecule has 1 atom stereocenters. The summed E-state index contributed by atoms with van der Waals surface area (Å²) in [6.45, 7) is 6.53. The molecule has 0 amide bonds. The normalized spacial score (nSPS) is 11.7. The summed E-state index contributed by atoms with van der Waals surface area (Å²) < 4.78 is 15.9. The van der Waals surface area contributed by atoms with Gasteiger partial charge in [0, 0.05) is 19.3 Å². The van der Waals surface area contributed by atoms with Gasteiger partial charge in [0.05, 0.1) is 6.61 Å². The van der Waals surface area contributed by atoms with Crippen molar-refractivity contribution in [2.24, 2.45) is 0 Å². The van der Waals surface area contributed by atoms with Crippen LogP contribution in [0, 0.1) is 0 Å². The molecule has 27 heavy (non-hydrogen) atoms. The zero-order valence-electron chi connectivity index (χ0n) is 17.4. The monoisotopic (exact) mass is 386 g/mol. The summed E-state index contributed by atoms with van der Waals surface area (Å²) >= 11 is 0. The van der Waals surface area contributed by atoms with Gasteiger partial charge in [0.15, 0.2) is 0 Å². The van der Waals surface area contributed by atoms with Gasteiger partial charge in [-0.1, -0.05) is 40.0 Å². The summed E-state index contributed by atoms with van der Waals surface area (Å²) in [6.07, 6.45) is 8.07. The van der Waals surface area contributed by atoms with Crippen LogP contribution in [-0.2, 0) is 28.6 Å². The molecule has 0 saturated heterocycles. The molecule has 158 valence electrons. The van der Waals surface area contributed by atoms with E-state index in [0.717, 1.165) is 44.9 Å². The molecule has 0 spiro atoms. The maximum Gasteiger partial charge on any atom is 0.306 e. The minimum atomic E-state index is -0.435. The van der Waals surface area contributed by atoms with Gasteiger partial charge < -0.3 is 14.2 Å². The molecule has 0 radical (unpaired) electrons. The van der Waals surface area contributed by atoms with Crippen LogP contribution in [0.2, 0.25) is 0 Å². The first-order valence-corrected chi connectivity index (χ1v) is 10.5.